The minimum atomic E-state index is -0.165. The van der Waals surface area contributed by atoms with Gasteiger partial charge in [-0.25, -0.2) is 0 Å². The summed E-state index contributed by atoms with van der Waals surface area (Å²) < 4.78 is 9.78. The molecule has 94 valence electrons. The van der Waals surface area contributed by atoms with Gasteiger partial charge in [-0.3, -0.25) is 4.79 Å². The molecule has 0 unspecified atom stereocenters. The van der Waals surface area contributed by atoms with E-state index in [1.54, 1.807) is 12.1 Å². The molecule has 0 radical (unpaired) electrons. The zero-order valence-corrected chi connectivity index (χ0v) is 10.3. The number of aromatic nitrogens is 1. The molecule has 1 rings (SSSR count). The number of amides is 1. The number of hydrogen-bond acceptors (Lipinski definition) is 5. The summed E-state index contributed by atoms with van der Waals surface area (Å²) in [6, 6.07) is 1.63. The smallest absolute Gasteiger partial charge is 0.254 e. The Labute approximate surface area is 100 Å². The van der Waals surface area contributed by atoms with Crippen molar-refractivity contribution in [3.8, 4) is 5.88 Å². The molecule has 0 bridgehead atoms. The van der Waals surface area contributed by atoms with E-state index < -0.39 is 0 Å². The summed E-state index contributed by atoms with van der Waals surface area (Å²) in [6.45, 7) is 1.02. The molecule has 0 aliphatic heterocycles. The molecule has 1 heterocycles. The molecule has 0 atom stereocenters. The second-order valence-corrected chi connectivity index (χ2v) is 3.72. The second kappa shape index (κ2) is 6.70. The molecule has 6 heteroatoms. The van der Waals surface area contributed by atoms with E-state index in [1.807, 2.05) is 19.0 Å². The molecule has 0 saturated carbocycles. The minimum Gasteiger partial charge on any atom is -0.479 e. The van der Waals surface area contributed by atoms with Crippen molar-refractivity contribution in [3.05, 3.63) is 24.0 Å². The molecule has 0 fully saturated rings. The predicted octanol–water partition coefficient (Wildman–Crippen LogP) is 0.417. The number of carbonyl (C=O) groups is 1. The molecule has 6 nitrogen and oxygen atoms in total. The maximum atomic E-state index is 11.4. The van der Waals surface area contributed by atoms with Crippen LogP contribution in [0.15, 0.2) is 22.7 Å². The van der Waals surface area contributed by atoms with E-state index >= 15 is 0 Å². The van der Waals surface area contributed by atoms with Gasteiger partial charge >= 0.3 is 0 Å². The average Bonchev–Trinajstić information content (AvgIpc) is 2.73. The van der Waals surface area contributed by atoms with Crippen LogP contribution in [-0.2, 0) is 11.3 Å². The van der Waals surface area contributed by atoms with Crippen LogP contribution in [-0.4, -0.2) is 43.7 Å². The molecule has 1 amide bonds. The van der Waals surface area contributed by atoms with Gasteiger partial charge in [0.2, 0.25) is 5.91 Å². The number of methoxy groups -OCH3 is 1. The molecule has 1 N–H and O–H groups in total. The fourth-order valence-electron chi connectivity index (χ4n) is 1.08. The third-order valence-electron chi connectivity index (χ3n) is 1.92. The van der Waals surface area contributed by atoms with Crippen LogP contribution in [0.4, 0.5) is 0 Å². The number of hydrogen-bond donors (Lipinski definition) is 1. The van der Waals surface area contributed by atoms with Crippen molar-refractivity contribution in [2.75, 3.05) is 27.7 Å². The van der Waals surface area contributed by atoms with Gasteiger partial charge in [-0.1, -0.05) is 6.08 Å². The Bertz CT molecular complexity index is 385. The molecule has 0 spiro atoms. The molecular formula is C11H17N3O3. The van der Waals surface area contributed by atoms with Crippen LogP contribution in [0, 0.1) is 0 Å². The lowest BCUT2D eigenvalue weighted by molar-refractivity contribution is -0.116. The highest BCUT2D eigenvalue weighted by molar-refractivity contribution is 5.87. The summed E-state index contributed by atoms with van der Waals surface area (Å²) in [6.07, 6.45) is 3.28. The van der Waals surface area contributed by atoms with Crippen molar-refractivity contribution in [2.45, 2.75) is 6.54 Å². The quantitative estimate of drug-likeness (QED) is 0.729. The van der Waals surface area contributed by atoms with Crippen molar-refractivity contribution < 1.29 is 14.1 Å². The van der Waals surface area contributed by atoms with E-state index in [2.05, 4.69) is 10.5 Å². The first-order valence-corrected chi connectivity index (χ1v) is 5.20. The van der Waals surface area contributed by atoms with Crippen molar-refractivity contribution in [2.24, 2.45) is 0 Å². The van der Waals surface area contributed by atoms with Crippen LogP contribution in [0.1, 0.15) is 5.76 Å². The molecule has 0 aliphatic rings. The van der Waals surface area contributed by atoms with Crippen LogP contribution in [0.25, 0.3) is 0 Å². The van der Waals surface area contributed by atoms with Crippen molar-refractivity contribution in [3.63, 3.8) is 0 Å². The Hall–Kier alpha value is -1.82. The number of carbonyl (C=O) groups excluding carboxylic acids is 1. The Morgan fingerprint density at radius 3 is 3.00 bits per heavy atom. The highest BCUT2D eigenvalue weighted by Gasteiger charge is 2.04. The van der Waals surface area contributed by atoms with E-state index in [0.29, 0.717) is 18.2 Å². The van der Waals surface area contributed by atoms with Gasteiger partial charge in [0.25, 0.3) is 5.88 Å². The normalized spacial score (nSPS) is 11.1. The summed E-state index contributed by atoms with van der Waals surface area (Å²) in [4.78, 5) is 13.3. The summed E-state index contributed by atoms with van der Waals surface area (Å²) in [7, 11) is 5.37. The number of likely N-dealkylation sites (N-methyl/N-ethyl adjacent to an activating group) is 1. The summed E-state index contributed by atoms with van der Waals surface area (Å²) >= 11 is 0. The third kappa shape index (κ3) is 5.17. The highest BCUT2D eigenvalue weighted by Crippen LogP contribution is 2.09. The van der Waals surface area contributed by atoms with E-state index in [4.69, 9.17) is 9.26 Å². The van der Waals surface area contributed by atoms with E-state index in [9.17, 15) is 4.79 Å². The van der Waals surface area contributed by atoms with Crippen molar-refractivity contribution >= 4 is 5.91 Å². The zero-order chi connectivity index (χ0) is 12.7. The topological polar surface area (TPSA) is 67.6 Å². The SMILES string of the molecule is COc1cc(CNC(=O)/C=C/CN(C)C)on1. The van der Waals surface area contributed by atoms with Crippen LogP contribution >= 0.6 is 0 Å². The highest BCUT2D eigenvalue weighted by atomic mass is 16.5. The van der Waals surface area contributed by atoms with Gasteiger partial charge in [-0.15, -0.1) is 0 Å². The maximum Gasteiger partial charge on any atom is 0.254 e. The average molecular weight is 239 g/mol. The first kappa shape index (κ1) is 13.2. The van der Waals surface area contributed by atoms with Gasteiger partial charge in [-0.2, -0.15) is 0 Å². The van der Waals surface area contributed by atoms with Crippen LogP contribution in [0.5, 0.6) is 5.88 Å². The molecule has 0 aliphatic carbocycles. The molecule has 0 saturated heterocycles. The zero-order valence-electron chi connectivity index (χ0n) is 10.3. The Kier molecular flexibility index (Phi) is 5.22. The lowest BCUT2D eigenvalue weighted by atomic mass is 10.4. The Morgan fingerprint density at radius 2 is 2.41 bits per heavy atom. The predicted molar refractivity (Wildman–Crippen MR) is 62.6 cm³/mol. The Morgan fingerprint density at radius 1 is 1.65 bits per heavy atom. The van der Waals surface area contributed by atoms with Crippen LogP contribution in [0.3, 0.4) is 0 Å². The van der Waals surface area contributed by atoms with Crippen LogP contribution < -0.4 is 10.1 Å². The number of nitrogens with zero attached hydrogens (tertiary/aromatic N) is 2. The van der Waals surface area contributed by atoms with Gasteiger partial charge < -0.3 is 19.5 Å². The monoisotopic (exact) mass is 239 g/mol. The summed E-state index contributed by atoms with van der Waals surface area (Å²) in [5.74, 6) is 0.788. The summed E-state index contributed by atoms with van der Waals surface area (Å²) in [5.41, 5.74) is 0. The lowest BCUT2D eigenvalue weighted by Crippen LogP contribution is -2.20. The second-order valence-electron chi connectivity index (χ2n) is 3.72. The van der Waals surface area contributed by atoms with Crippen molar-refractivity contribution in [1.82, 2.24) is 15.4 Å². The van der Waals surface area contributed by atoms with E-state index in [-0.39, 0.29) is 5.91 Å². The first-order valence-electron chi connectivity index (χ1n) is 5.20. The fourth-order valence-corrected chi connectivity index (χ4v) is 1.08. The van der Waals surface area contributed by atoms with Gasteiger partial charge in [0.1, 0.15) is 0 Å². The van der Waals surface area contributed by atoms with E-state index in [0.717, 1.165) is 6.54 Å². The van der Waals surface area contributed by atoms with Gasteiger partial charge in [0.15, 0.2) is 5.76 Å². The Balaban J connectivity index is 2.30. The number of ether oxygens (including phenoxy) is 1. The van der Waals surface area contributed by atoms with Gasteiger partial charge in [0.05, 0.1) is 13.7 Å². The standard InChI is InChI=1S/C11H17N3O3/c1-14(2)6-4-5-10(15)12-8-9-7-11(16-3)13-17-9/h4-5,7H,6,8H2,1-3H3,(H,12,15)/b5-4+. The molecule has 1 aromatic rings. The molecule has 17 heavy (non-hydrogen) atoms. The summed E-state index contributed by atoms with van der Waals surface area (Å²) in [5, 5.41) is 6.30. The third-order valence-corrected chi connectivity index (χ3v) is 1.92. The largest absolute Gasteiger partial charge is 0.479 e. The van der Waals surface area contributed by atoms with Crippen molar-refractivity contribution in [1.29, 1.82) is 0 Å². The fraction of sp³-hybridized carbons (Fsp3) is 0.455. The maximum absolute atomic E-state index is 11.4. The lowest BCUT2D eigenvalue weighted by Gasteiger charge is -2.03. The van der Waals surface area contributed by atoms with Crippen LogP contribution in [0.2, 0.25) is 0 Å². The number of rotatable bonds is 6. The number of nitrogens with one attached hydrogen (secondary N) is 1. The van der Waals surface area contributed by atoms with Gasteiger partial charge in [-0.05, 0) is 19.3 Å². The minimum absolute atomic E-state index is 0.165. The van der Waals surface area contributed by atoms with E-state index in [1.165, 1.54) is 13.2 Å². The molecule has 0 aromatic carbocycles. The van der Waals surface area contributed by atoms with Gasteiger partial charge in [0, 0.05) is 18.7 Å². The first-order chi connectivity index (χ1) is 8.11. The molecule has 1 aromatic heterocycles. The molecular weight excluding hydrogens is 222 g/mol.